The second-order valence-electron chi connectivity index (χ2n) is 17.3. The SMILES string of the molecule is COC(=O)N[C@H](C(=O)N1CCCC1c1ncc(-c2ccc3c(c2)C(F)(F)C(F)(F)c2cc(-c4ccc5nc([C@@H]6CCCN6C(=O)[C@@H](NC(=O)OC)C(C)C)[nH]c5c4)ccc2-3)[nH]1)C(C)C. The lowest BCUT2D eigenvalue weighted by molar-refractivity contribution is -0.225. The summed E-state index contributed by atoms with van der Waals surface area (Å²) in [6, 6.07) is 10.7. The van der Waals surface area contributed by atoms with Crippen molar-refractivity contribution in [3.05, 3.63) is 83.6 Å². The first kappa shape index (κ1) is 44.2. The van der Waals surface area contributed by atoms with Crippen LogP contribution in [0, 0.1) is 11.8 Å². The number of benzene rings is 3. The summed E-state index contributed by atoms with van der Waals surface area (Å²) in [7, 11) is 2.44. The number of ether oxygens (including phenoxy) is 2. The quantitative estimate of drug-likeness (QED) is 0.101. The molecule has 1 unspecified atom stereocenters. The largest absolute Gasteiger partial charge is 0.453 e. The van der Waals surface area contributed by atoms with Crippen molar-refractivity contribution >= 4 is 35.0 Å². The van der Waals surface area contributed by atoms with E-state index < -0.39 is 59.3 Å². The Morgan fingerprint density at radius 3 is 1.70 bits per heavy atom. The van der Waals surface area contributed by atoms with E-state index in [-0.39, 0.29) is 40.3 Å². The molecular weight excluding hydrogens is 837 g/mol. The summed E-state index contributed by atoms with van der Waals surface area (Å²) in [5, 5.41) is 5.23. The molecule has 0 radical (unpaired) electrons. The van der Waals surface area contributed by atoms with Gasteiger partial charge in [0.2, 0.25) is 11.8 Å². The number of nitrogens with one attached hydrogen (secondary N) is 4. The van der Waals surface area contributed by atoms with Crippen molar-refractivity contribution in [3.8, 4) is 33.5 Å². The number of amides is 4. The highest BCUT2D eigenvalue weighted by atomic mass is 19.3. The fourth-order valence-electron chi connectivity index (χ4n) is 9.17. The summed E-state index contributed by atoms with van der Waals surface area (Å²) in [5.74, 6) is -9.29. The number of likely N-dealkylation sites (tertiary alicyclic amines) is 2. The van der Waals surface area contributed by atoms with Gasteiger partial charge in [0.05, 0.1) is 49.2 Å². The lowest BCUT2D eigenvalue weighted by Gasteiger charge is -2.35. The molecule has 64 heavy (non-hydrogen) atoms. The second-order valence-corrected chi connectivity index (χ2v) is 17.3. The van der Waals surface area contributed by atoms with E-state index in [9.17, 15) is 19.2 Å². The number of H-pyrrole nitrogens is 2. The Bertz CT molecular complexity index is 2630. The van der Waals surface area contributed by atoms with Gasteiger partial charge in [0.15, 0.2) is 0 Å². The standard InChI is InChI=1S/C46H50F4N8O6/c1-23(2)37(55-43(61)63-5)41(59)57-17-7-9-35(57)39-51-22-34(54-39)27-12-15-29-28-14-11-25(19-30(28)45(47,48)46(49,50)31(29)20-27)26-13-16-32-33(21-26)53-40(52-32)36-10-8-18-58(36)42(60)38(24(3)4)56-44(62)64-6/h11-16,19-24,35-38H,7-10,17-18H2,1-6H3,(H,51,54)(H,52,53)(H,55,61)(H,56,62)/t35?,36-,37-,38-/m0/s1. The van der Waals surface area contributed by atoms with E-state index in [0.29, 0.717) is 78.3 Å². The van der Waals surface area contributed by atoms with Gasteiger partial charge in [-0.15, -0.1) is 0 Å². The minimum atomic E-state index is -4.59. The van der Waals surface area contributed by atoms with Crippen LogP contribution in [-0.4, -0.2) is 93.1 Å². The minimum absolute atomic E-state index is 0.0239. The van der Waals surface area contributed by atoms with E-state index in [1.165, 1.54) is 32.5 Å². The van der Waals surface area contributed by atoms with Crippen molar-refractivity contribution in [3.63, 3.8) is 0 Å². The van der Waals surface area contributed by atoms with Gasteiger partial charge in [-0.05, 0) is 84.0 Å². The predicted molar refractivity (Wildman–Crippen MR) is 228 cm³/mol. The molecule has 338 valence electrons. The summed E-state index contributed by atoms with van der Waals surface area (Å²) in [4.78, 5) is 70.2. The van der Waals surface area contributed by atoms with Crippen LogP contribution in [0.5, 0.6) is 0 Å². The number of aromatic nitrogens is 4. The second kappa shape index (κ2) is 16.9. The third-order valence-electron chi connectivity index (χ3n) is 12.6. The van der Waals surface area contributed by atoms with E-state index in [2.05, 4.69) is 25.6 Å². The van der Waals surface area contributed by atoms with Crippen molar-refractivity contribution in [1.82, 2.24) is 40.4 Å². The van der Waals surface area contributed by atoms with Gasteiger partial charge in [0.1, 0.15) is 23.7 Å². The average Bonchev–Trinajstić information content (AvgIpc) is 4.12. The van der Waals surface area contributed by atoms with Crippen molar-refractivity contribution in [1.29, 1.82) is 0 Å². The maximum absolute atomic E-state index is 16.2. The number of methoxy groups -OCH3 is 2. The molecule has 5 aromatic rings. The number of alkyl halides is 4. The van der Waals surface area contributed by atoms with Crippen LogP contribution in [0.15, 0.2) is 60.8 Å². The zero-order valence-electron chi connectivity index (χ0n) is 36.2. The van der Waals surface area contributed by atoms with Gasteiger partial charge in [-0.1, -0.05) is 58.0 Å². The molecular formula is C46H50F4N8O6. The summed E-state index contributed by atoms with van der Waals surface area (Å²) >= 11 is 0. The molecule has 4 N–H and O–H groups in total. The van der Waals surface area contributed by atoms with Crippen LogP contribution in [-0.2, 0) is 30.9 Å². The predicted octanol–water partition coefficient (Wildman–Crippen LogP) is 8.57. The normalized spacial score (nSPS) is 19.6. The van der Waals surface area contributed by atoms with Crippen LogP contribution in [0.25, 0.3) is 44.5 Å². The lowest BCUT2D eigenvalue weighted by atomic mass is 9.78. The van der Waals surface area contributed by atoms with Crippen LogP contribution in [0.1, 0.15) is 88.2 Å². The monoisotopic (exact) mass is 886 g/mol. The number of aromatic amines is 2. The minimum Gasteiger partial charge on any atom is -0.453 e. The number of imidazole rings is 2. The number of nitrogens with zero attached hydrogens (tertiary/aromatic N) is 4. The maximum Gasteiger partial charge on any atom is 0.407 e. The third-order valence-corrected chi connectivity index (χ3v) is 12.6. The van der Waals surface area contributed by atoms with E-state index in [0.717, 1.165) is 12.1 Å². The third kappa shape index (κ3) is 7.69. The Kier molecular flexibility index (Phi) is 11.7. The van der Waals surface area contributed by atoms with E-state index in [4.69, 9.17) is 14.5 Å². The van der Waals surface area contributed by atoms with Gasteiger partial charge in [0.25, 0.3) is 0 Å². The first-order valence-corrected chi connectivity index (χ1v) is 21.3. The first-order valence-electron chi connectivity index (χ1n) is 21.3. The number of hydrogen-bond acceptors (Lipinski definition) is 8. The van der Waals surface area contributed by atoms with Gasteiger partial charge in [-0.25, -0.2) is 19.6 Å². The smallest absolute Gasteiger partial charge is 0.407 e. The molecule has 2 aromatic heterocycles. The van der Waals surface area contributed by atoms with Crippen LogP contribution in [0.4, 0.5) is 27.2 Å². The van der Waals surface area contributed by atoms with Gasteiger partial charge in [-0.3, -0.25) is 9.59 Å². The number of carbonyl (C=O) groups is 4. The number of halogens is 4. The Morgan fingerprint density at radius 2 is 1.17 bits per heavy atom. The highest BCUT2D eigenvalue weighted by Crippen LogP contribution is 2.59. The lowest BCUT2D eigenvalue weighted by Crippen LogP contribution is -2.51. The molecule has 0 bridgehead atoms. The highest BCUT2D eigenvalue weighted by molar-refractivity contribution is 5.88. The van der Waals surface area contributed by atoms with Gasteiger partial charge in [0, 0.05) is 29.8 Å². The summed E-state index contributed by atoms with van der Waals surface area (Å²) in [5.41, 5.74) is 0.752. The average molecular weight is 887 g/mol. The molecule has 2 fully saturated rings. The molecule has 3 aromatic carbocycles. The fraction of sp³-hybridized carbons (Fsp3) is 0.435. The van der Waals surface area contributed by atoms with Crippen molar-refractivity contribution < 1.29 is 46.2 Å². The number of rotatable bonds is 10. The maximum atomic E-state index is 16.2. The molecule has 3 aliphatic rings. The van der Waals surface area contributed by atoms with Crippen molar-refractivity contribution in [2.45, 2.75) is 89.4 Å². The molecule has 4 atom stereocenters. The molecule has 8 rings (SSSR count). The number of carbonyl (C=O) groups excluding carboxylic acids is 4. The van der Waals surface area contributed by atoms with E-state index in [1.54, 1.807) is 54.0 Å². The van der Waals surface area contributed by atoms with Gasteiger partial charge < -0.3 is 39.9 Å². The van der Waals surface area contributed by atoms with Gasteiger partial charge in [-0.2, -0.15) is 17.6 Å². The first-order chi connectivity index (χ1) is 30.4. The van der Waals surface area contributed by atoms with Crippen molar-refractivity contribution in [2.75, 3.05) is 27.3 Å². The van der Waals surface area contributed by atoms with Crippen LogP contribution in [0.3, 0.4) is 0 Å². The fourth-order valence-corrected chi connectivity index (χ4v) is 9.17. The molecule has 0 saturated carbocycles. The van der Waals surface area contributed by atoms with E-state index in [1.807, 2.05) is 13.8 Å². The van der Waals surface area contributed by atoms with Crippen LogP contribution < -0.4 is 10.6 Å². The zero-order chi connectivity index (χ0) is 45.8. The topological polar surface area (TPSA) is 175 Å². The molecule has 4 heterocycles. The van der Waals surface area contributed by atoms with Gasteiger partial charge >= 0.3 is 24.0 Å². The molecule has 18 heteroatoms. The zero-order valence-corrected chi connectivity index (χ0v) is 36.2. The summed E-state index contributed by atoms with van der Waals surface area (Å²) < 4.78 is 74.4. The van der Waals surface area contributed by atoms with E-state index >= 15 is 17.6 Å². The molecule has 1 aliphatic carbocycles. The summed E-state index contributed by atoms with van der Waals surface area (Å²) in [6.07, 6.45) is 2.55. The van der Waals surface area contributed by atoms with Crippen LogP contribution in [0.2, 0.25) is 0 Å². The molecule has 14 nitrogen and oxygen atoms in total. The number of hydrogen-bond donors (Lipinski definition) is 4. The van der Waals surface area contributed by atoms with Crippen LogP contribution >= 0.6 is 0 Å². The molecule has 2 aliphatic heterocycles. The molecule has 2 saturated heterocycles. The number of alkyl carbamates (subject to hydrolysis) is 2. The molecule has 0 spiro atoms. The molecule has 4 amide bonds. The Hall–Kier alpha value is -6.46. The Morgan fingerprint density at radius 1 is 0.688 bits per heavy atom. The Balaban J connectivity index is 1.05. The highest BCUT2D eigenvalue weighted by Gasteiger charge is 2.63. The van der Waals surface area contributed by atoms with Crippen molar-refractivity contribution in [2.24, 2.45) is 11.8 Å². The summed E-state index contributed by atoms with van der Waals surface area (Å²) in [6.45, 7) is 8.12. The number of fused-ring (bicyclic) bond motifs is 4. The Labute approximate surface area is 366 Å².